The lowest BCUT2D eigenvalue weighted by Gasteiger charge is -2.46. The third-order valence-corrected chi connectivity index (χ3v) is 11.6. The highest BCUT2D eigenvalue weighted by Crippen LogP contribution is 2.58. The molecule has 0 heterocycles. The van der Waals surface area contributed by atoms with E-state index in [1.165, 1.54) is 5.56 Å². The minimum Gasteiger partial charge on any atom is -0.376 e. The van der Waals surface area contributed by atoms with Gasteiger partial charge in [-0.15, -0.1) is 0 Å². The van der Waals surface area contributed by atoms with Crippen LogP contribution in [0.5, 0.6) is 0 Å². The summed E-state index contributed by atoms with van der Waals surface area (Å²) in [7, 11) is 0. The summed E-state index contributed by atoms with van der Waals surface area (Å²) in [6.45, 7) is 4.49. The molecule has 7 aromatic rings. The highest BCUT2D eigenvalue weighted by atomic mass is 79.9. The van der Waals surface area contributed by atoms with Gasteiger partial charge in [-0.3, -0.25) is 0 Å². The molecule has 0 saturated heterocycles. The summed E-state index contributed by atoms with van der Waals surface area (Å²) in [5, 5.41) is 26.8. The Balaban J connectivity index is 1.31. The molecule has 2 aliphatic carbocycles. The van der Waals surface area contributed by atoms with Gasteiger partial charge < -0.3 is 10.2 Å². The molecule has 2 nitrogen and oxygen atoms in total. The van der Waals surface area contributed by atoms with Gasteiger partial charge in [-0.25, -0.2) is 0 Å². The summed E-state index contributed by atoms with van der Waals surface area (Å²) in [6, 6.07) is 55.6. The maximum absolute atomic E-state index is 13.4. The van der Waals surface area contributed by atoms with Crippen molar-refractivity contribution in [3.05, 3.63) is 213 Å². The quantitative estimate of drug-likeness (QED) is 0.191. The van der Waals surface area contributed by atoms with Gasteiger partial charge in [-0.1, -0.05) is 175 Å². The van der Waals surface area contributed by atoms with Crippen LogP contribution in [-0.4, -0.2) is 10.2 Å². The number of hydrogen-bond acceptors (Lipinski definition) is 2. The Kier molecular flexibility index (Phi) is 6.95. The maximum atomic E-state index is 13.4. The average Bonchev–Trinajstić information content (AvgIpc) is 3.38. The second-order valence-electron chi connectivity index (χ2n) is 14.1. The van der Waals surface area contributed by atoms with Crippen molar-refractivity contribution in [2.75, 3.05) is 0 Å². The van der Waals surface area contributed by atoms with Crippen LogP contribution in [0.25, 0.3) is 33.4 Å². The molecule has 242 valence electrons. The Morgan fingerprint density at radius 1 is 0.380 bits per heavy atom. The minimum atomic E-state index is -1.53. The molecule has 0 radical (unpaired) electrons. The second-order valence-corrected chi connectivity index (χ2v) is 15.0. The molecule has 50 heavy (non-hydrogen) atoms. The van der Waals surface area contributed by atoms with Gasteiger partial charge >= 0.3 is 0 Å². The van der Waals surface area contributed by atoms with Crippen molar-refractivity contribution in [1.29, 1.82) is 0 Å². The fraction of sp³-hybridized carbons (Fsp3) is 0.106. The molecule has 0 aromatic heterocycles. The van der Waals surface area contributed by atoms with E-state index in [0.29, 0.717) is 22.3 Å². The van der Waals surface area contributed by atoms with Gasteiger partial charge in [0.15, 0.2) is 0 Å². The lowest BCUT2D eigenvalue weighted by Crippen LogP contribution is -2.44. The van der Waals surface area contributed by atoms with E-state index in [1.54, 1.807) is 0 Å². The van der Waals surface area contributed by atoms with Crippen LogP contribution in [0.4, 0.5) is 0 Å². The molecule has 2 atom stereocenters. The van der Waals surface area contributed by atoms with Crippen molar-refractivity contribution in [2.24, 2.45) is 0 Å². The van der Waals surface area contributed by atoms with E-state index in [4.69, 9.17) is 0 Å². The van der Waals surface area contributed by atoms with Gasteiger partial charge in [0.1, 0.15) is 11.2 Å². The van der Waals surface area contributed by atoms with Crippen LogP contribution in [-0.2, 0) is 16.6 Å². The maximum Gasteiger partial charge on any atom is 0.141 e. The molecule has 0 spiro atoms. The summed E-state index contributed by atoms with van der Waals surface area (Å²) in [5.41, 5.74) is 9.79. The van der Waals surface area contributed by atoms with Crippen molar-refractivity contribution in [3.63, 3.8) is 0 Å². The molecule has 2 unspecified atom stereocenters. The molecule has 7 aromatic carbocycles. The van der Waals surface area contributed by atoms with E-state index in [2.05, 4.69) is 109 Å². The predicted octanol–water partition coefficient (Wildman–Crippen LogP) is 11.0. The van der Waals surface area contributed by atoms with E-state index in [-0.39, 0.29) is 5.41 Å². The Morgan fingerprint density at radius 3 is 1.30 bits per heavy atom. The van der Waals surface area contributed by atoms with Crippen LogP contribution in [0, 0.1) is 0 Å². The first-order valence-electron chi connectivity index (χ1n) is 17.1. The molecule has 2 N–H and O–H groups in total. The van der Waals surface area contributed by atoms with E-state index in [1.807, 2.05) is 84.9 Å². The smallest absolute Gasteiger partial charge is 0.141 e. The first-order valence-corrected chi connectivity index (χ1v) is 17.9. The molecule has 3 heteroatoms. The van der Waals surface area contributed by atoms with Crippen LogP contribution in [0.15, 0.2) is 168 Å². The Morgan fingerprint density at radius 2 is 0.800 bits per heavy atom. The standard InChI is InChI=1S/C47H35BrO2/c1-45(2)41-27-36(48)25-26-37(41)38-28-43-44(29-42(38)45)47(50,35-23-19-33(20-24-35)31-13-7-4-8-14-31)40-16-10-9-15-39(40)46(43,49)34-21-17-32(18-22-34)30-11-5-3-6-12-30/h3-29,49-50H,1-2H3. The van der Waals surface area contributed by atoms with E-state index >= 15 is 0 Å². The summed E-state index contributed by atoms with van der Waals surface area (Å²) in [6.07, 6.45) is 0. The van der Waals surface area contributed by atoms with Gasteiger partial charge in [-0.2, -0.15) is 0 Å². The lowest BCUT2D eigenvalue weighted by atomic mass is 9.62. The molecule has 0 saturated carbocycles. The Hall–Kier alpha value is -5.06. The molecule has 2 aliphatic rings. The SMILES string of the molecule is CC1(C)c2cc(Br)ccc2-c2cc3c(cc21)C(O)(c1ccc(-c2ccccc2)cc1)c1ccccc1C3(O)c1ccc(-c2ccccc2)cc1. The molecule has 0 fully saturated rings. The van der Waals surface area contributed by atoms with Crippen molar-refractivity contribution < 1.29 is 10.2 Å². The number of aliphatic hydroxyl groups is 2. The van der Waals surface area contributed by atoms with Crippen molar-refractivity contribution in [3.8, 4) is 33.4 Å². The van der Waals surface area contributed by atoms with Gasteiger partial charge in [-0.05, 0) is 90.5 Å². The van der Waals surface area contributed by atoms with Crippen LogP contribution < -0.4 is 0 Å². The summed E-state index contributed by atoms with van der Waals surface area (Å²) in [5.74, 6) is 0. The zero-order valence-corrected chi connectivity index (χ0v) is 29.4. The van der Waals surface area contributed by atoms with Crippen LogP contribution in [0.2, 0.25) is 0 Å². The minimum absolute atomic E-state index is 0.325. The van der Waals surface area contributed by atoms with E-state index in [9.17, 15) is 10.2 Å². The van der Waals surface area contributed by atoms with E-state index in [0.717, 1.165) is 54.5 Å². The fourth-order valence-electron chi connectivity index (χ4n) is 8.45. The van der Waals surface area contributed by atoms with Crippen molar-refractivity contribution in [1.82, 2.24) is 0 Å². The molecular weight excluding hydrogens is 676 g/mol. The Bertz CT molecular complexity index is 2410. The average molecular weight is 712 g/mol. The summed E-state index contributed by atoms with van der Waals surface area (Å²) >= 11 is 3.71. The molecule has 0 bridgehead atoms. The van der Waals surface area contributed by atoms with Gasteiger partial charge in [0, 0.05) is 15.5 Å². The van der Waals surface area contributed by atoms with Crippen LogP contribution in [0.3, 0.4) is 0 Å². The van der Waals surface area contributed by atoms with Crippen molar-refractivity contribution in [2.45, 2.75) is 30.5 Å². The van der Waals surface area contributed by atoms with Gasteiger partial charge in [0.2, 0.25) is 0 Å². The third-order valence-electron chi connectivity index (χ3n) is 11.1. The molecule has 0 amide bonds. The zero-order valence-electron chi connectivity index (χ0n) is 27.9. The third kappa shape index (κ3) is 4.41. The first-order chi connectivity index (χ1) is 24.2. The van der Waals surface area contributed by atoms with Gasteiger partial charge in [0.25, 0.3) is 0 Å². The van der Waals surface area contributed by atoms with Crippen molar-refractivity contribution >= 4 is 15.9 Å². The monoisotopic (exact) mass is 710 g/mol. The lowest BCUT2D eigenvalue weighted by molar-refractivity contribution is 0.0747. The topological polar surface area (TPSA) is 40.5 Å². The summed E-state index contributed by atoms with van der Waals surface area (Å²) < 4.78 is 1.03. The predicted molar refractivity (Wildman–Crippen MR) is 206 cm³/mol. The van der Waals surface area contributed by atoms with E-state index < -0.39 is 11.2 Å². The normalized spacial score (nSPS) is 19.6. The van der Waals surface area contributed by atoms with Gasteiger partial charge in [0.05, 0.1) is 0 Å². The number of benzene rings is 7. The highest BCUT2D eigenvalue weighted by molar-refractivity contribution is 9.10. The summed E-state index contributed by atoms with van der Waals surface area (Å²) in [4.78, 5) is 0. The number of hydrogen-bond donors (Lipinski definition) is 2. The molecular formula is C47H35BrO2. The largest absolute Gasteiger partial charge is 0.376 e. The number of fused-ring (bicyclic) bond motifs is 5. The zero-order chi connectivity index (χ0) is 34.3. The first kappa shape index (κ1) is 31.0. The number of halogens is 1. The van der Waals surface area contributed by atoms with Crippen LogP contribution in [0.1, 0.15) is 58.4 Å². The number of rotatable bonds is 4. The molecule has 0 aliphatic heterocycles. The molecule has 9 rings (SSSR count). The second kappa shape index (κ2) is 11.2. The highest BCUT2D eigenvalue weighted by Gasteiger charge is 2.52. The van der Waals surface area contributed by atoms with Crippen LogP contribution >= 0.6 is 15.9 Å². The Labute approximate surface area is 301 Å². The fourth-order valence-corrected chi connectivity index (χ4v) is 8.81.